The number of ether oxygens (including phenoxy) is 7. The minimum absolute atomic E-state index is 0.0384. The molecule has 0 N–H and O–H groups in total. The number of esters is 1. The highest BCUT2D eigenvalue weighted by molar-refractivity contribution is 6.00. The number of amides is 4. The number of fused-ring (bicyclic) bond motifs is 4. The molecule has 6 aliphatic rings. The Labute approximate surface area is 356 Å². The maximum atomic E-state index is 13.7. The topological polar surface area (TPSA) is 163 Å². The van der Waals surface area contributed by atoms with Crippen molar-refractivity contribution in [1.82, 2.24) is 19.6 Å². The molecule has 61 heavy (non-hydrogen) atoms. The predicted octanol–water partition coefficient (Wildman–Crippen LogP) is 7.02. The van der Waals surface area contributed by atoms with E-state index < -0.39 is 35.8 Å². The molecule has 16 heteroatoms. The Balaban J connectivity index is 0.880. The molecule has 2 aromatic rings. The number of carbonyl (C=O) groups is 5. The molecule has 0 radical (unpaired) electrons. The van der Waals surface area contributed by atoms with E-state index in [-0.39, 0.29) is 36.7 Å². The molecular formula is C45H58N4O12. The average Bonchev–Trinajstić information content (AvgIpc) is 3.94. The highest BCUT2D eigenvalue weighted by Gasteiger charge is 2.43. The summed E-state index contributed by atoms with van der Waals surface area (Å²) in [6, 6.07) is 6.73. The summed E-state index contributed by atoms with van der Waals surface area (Å²) in [7, 11) is 0. The van der Waals surface area contributed by atoms with Crippen LogP contribution >= 0.6 is 0 Å². The van der Waals surface area contributed by atoms with Gasteiger partial charge in [-0.05, 0) is 122 Å². The van der Waals surface area contributed by atoms with Crippen molar-refractivity contribution in [3.63, 3.8) is 0 Å². The first kappa shape index (κ1) is 42.3. The van der Waals surface area contributed by atoms with Crippen molar-refractivity contribution in [1.29, 1.82) is 0 Å². The van der Waals surface area contributed by atoms with Gasteiger partial charge in [-0.2, -0.15) is 0 Å². The van der Waals surface area contributed by atoms with Crippen LogP contribution < -0.4 is 18.9 Å². The lowest BCUT2D eigenvalue weighted by Crippen LogP contribution is -2.50. The summed E-state index contributed by atoms with van der Waals surface area (Å²) in [4.78, 5) is 72.6. The lowest BCUT2D eigenvalue weighted by molar-refractivity contribution is -0.154. The fraction of sp³-hybridized carbons (Fsp3) is 0.622. The third-order valence-electron chi connectivity index (χ3n) is 12.2. The molecule has 2 saturated heterocycles. The molecule has 6 aliphatic heterocycles. The predicted molar refractivity (Wildman–Crippen MR) is 218 cm³/mol. The van der Waals surface area contributed by atoms with Crippen LogP contribution in [0.15, 0.2) is 24.3 Å². The zero-order chi connectivity index (χ0) is 43.4. The SMILES string of the molecule is CC(=O)OC1c2cc3c(cc2C(=O)N1CCC1CCN(C(=O)OC(C)(C)C)C(CC2Oc4cc5c(cc4O2)C(=O)N(CCC2CCN(C(=O)OC(C)(C)C)CC2)C5)C1)OCO3. The molecule has 4 amide bonds. The van der Waals surface area contributed by atoms with Crippen molar-refractivity contribution in [2.24, 2.45) is 11.8 Å². The number of carbonyl (C=O) groups excluding carboxylic acids is 5. The van der Waals surface area contributed by atoms with Gasteiger partial charge in [-0.1, -0.05) is 0 Å². The van der Waals surface area contributed by atoms with Gasteiger partial charge in [0, 0.05) is 69.8 Å². The summed E-state index contributed by atoms with van der Waals surface area (Å²) in [5, 5.41) is 0. The van der Waals surface area contributed by atoms with E-state index in [2.05, 4.69) is 0 Å². The first-order chi connectivity index (χ1) is 28.9. The lowest BCUT2D eigenvalue weighted by Gasteiger charge is -2.41. The summed E-state index contributed by atoms with van der Waals surface area (Å²) in [5.41, 5.74) is 1.25. The number of piperidine rings is 2. The van der Waals surface area contributed by atoms with E-state index in [4.69, 9.17) is 33.2 Å². The Morgan fingerprint density at radius 3 is 2.05 bits per heavy atom. The van der Waals surface area contributed by atoms with Gasteiger partial charge in [0.15, 0.2) is 23.0 Å². The second-order valence-corrected chi connectivity index (χ2v) is 19.0. The quantitative estimate of drug-likeness (QED) is 0.188. The highest BCUT2D eigenvalue weighted by Crippen LogP contribution is 2.45. The summed E-state index contributed by atoms with van der Waals surface area (Å²) >= 11 is 0. The van der Waals surface area contributed by atoms with E-state index in [0.29, 0.717) is 111 Å². The maximum absolute atomic E-state index is 13.7. The van der Waals surface area contributed by atoms with E-state index in [1.54, 1.807) is 32.9 Å². The zero-order valence-corrected chi connectivity index (χ0v) is 36.3. The first-order valence-electron chi connectivity index (χ1n) is 21.6. The molecule has 16 nitrogen and oxygen atoms in total. The molecule has 2 aromatic carbocycles. The first-order valence-corrected chi connectivity index (χ1v) is 21.6. The molecule has 0 saturated carbocycles. The van der Waals surface area contributed by atoms with Gasteiger partial charge in [0.2, 0.25) is 19.3 Å². The minimum atomic E-state index is -0.887. The molecule has 0 aromatic heterocycles. The molecule has 4 unspecified atom stereocenters. The van der Waals surface area contributed by atoms with Crippen LogP contribution in [0.25, 0.3) is 0 Å². The fourth-order valence-corrected chi connectivity index (χ4v) is 9.22. The highest BCUT2D eigenvalue weighted by atomic mass is 16.7. The monoisotopic (exact) mass is 846 g/mol. The van der Waals surface area contributed by atoms with E-state index in [1.165, 1.54) is 6.92 Å². The summed E-state index contributed by atoms with van der Waals surface area (Å²) in [5.74, 6) is 1.77. The van der Waals surface area contributed by atoms with Gasteiger partial charge in [-0.3, -0.25) is 19.3 Å². The number of benzene rings is 2. The second kappa shape index (κ2) is 16.5. The number of rotatable bonds is 9. The van der Waals surface area contributed by atoms with E-state index in [1.807, 2.05) is 52.5 Å². The minimum Gasteiger partial charge on any atom is -0.454 e. The van der Waals surface area contributed by atoms with Crippen molar-refractivity contribution >= 4 is 30.0 Å². The molecule has 0 bridgehead atoms. The van der Waals surface area contributed by atoms with E-state index >= 15 is 0 Å². The van der Waals surface area contributed by atoms with Crippen LogP contribution in [0.4, 0.5) is 9.59 Å². The summed E-state index contributed by atoms with van der Waals surface area (Å²) < 4.78 is 40.8. The molecule has 330 valence electrons. The Hall–Kier alpha value is -5.41. The van der Waals surface area contributed by atoms with Gasteiger partial charge in [0.05, 0.1) is 5.56 Å². The molecular weight excluding hydrogens is 789 g/mol. The molecule has 0 aliphatic carbocycles. The van der Waals surface area contributed by atoms with Crippen LogP contribution in [0.3, 0.4) is 0 Å². The van der Waals surface area contributed by atoms with Crippen molar-refractivity contribution < 1.29 is 57.1 Å². The Morgan fingerprint density at radius 2 is 1.36 bits per heavy atom. The number of hydrogen-bond acceptors (Lipinski definition) is 12. The van der Waals surface area contributed by atoms with Gasteiger partial charge in [0.25, 0.3) is 11.8 Å². The van der Waals surface area contributed by atoms with Crippen molar-refractivity contribution in [3.05, 3.63) is 46.5 Å². The van der Waals surface area contributed by atoms with Crippen LogP contribution in [0.1, 0.15) is 131 Å². The van der Waals surface area contributed by atoms with Gasteiger partial charge in [-0.15, -0.1) is 0 Å². The third-order valence-corrected chi connectivity index (χ3v) is 12.2. The summed E-state index contributed by atoms with van der Waals surface area (Å²) in [6.45, 7) is 15.7. The normalized spacial score (nSPS) is 23.3. The molecule has 6 heterocycles. The van der Waals surface area contributed by atoms with Crippen molar-refractivity contribution in [3.8, 4) is 23.0 Å². The van der Waals surface area contributed by atoms with Crippen LogP contribution in [0, 0.1) is 11.8 Å². The van der Waals surface area contributed by atoms with Crippen LogP contribution in [0.2, 0.25) is 0 Å². The number of likely N-dealkylation sites (tertiary alicyclic amines) is 2. The van der Waals surface area contributed by atoms with E-state index in [9.17, 15) is 24.0 Å². The number of hydrogen-bond donors (Lipinski definition) is 0. The Morgan fingerprint density at radius 1 is 0.738 bits per heavy atom. The maximum Gasteiger partial charge on any atom is 0.410 e. The van der Waals surface area contributed by atoms with Gasteiger partial charge >= 0.3 is 18.2 Å². The lowest BCUT2D eigenvalue weighted by atomic mass is 9.87. The Kier molecular flexibility index (Phi) is 11.4. The van der Waals surface area contributed by atoms with Gasteiger partial charge in [-0.25, -0.2) is 9.59 Å². The van der Waals surface area contributed by atoms with Crippen LogP contribution in [-0.2, 0) is 25.5 Å². The smallest absolute Gasteiger partial charge is 0.410 e. The zero-order valence-electron chi connectivity index (χ0n) is 36.3. The summed E-state index contributed by atoms with van der Waals surface area (Å²) in [6.07, 6.45) is 2.57. The van der Waals surface area contributed by atoms with Gasteiger partial charge in [0.1, 0.15) is 11.2 Å². The van der Waals surface area contributed by atoms with Crippen molar-refractivity contribution in [2.75, 3.05) is 39.5 Å². The molecule has 4 atom stereocenters. The van der Waals surface area contributed by atoms with E-state index in [0.717, 1.165) is 24.8 Å². The Bertz CT molecular complexity index is 2070. The van der Waals surface area contributed by atoms with Crippen LogP contribution in [0.5, 0.6) is 23.0 Å². The third kappa shape index (κ3) is 9.27. The van der Waals surface area contributed by atoms with Gasteiger partial charge < -0.3 is 47.9 Å². The number of nitrogens with zero attached hydrogens (tertiary/aromatic N) is 4. The van der Waals surface area contributed by atoms with Crippen molar-refractivity contribution in [2.45, 2.75) is 130 Å². The second-order valence-electron chi connectivity index (χ2n) is 19.0. The molecule has 8 rings (SSSR count). The average molecular weight is 847 g/mol. The fourth-order valence-electron chi connectivity index (χ4n) is 9.22. The standard InChI is InChI=1S/C45H58N4O12/c1-26(50)57-41-33-23-35-34(55-25-56-35)22-32(33)40(52)49(41)17-12-28-11-16-48(43(54)61-45(5,6)7)30(18-28)20-38-58-36-19-29-24-47(39(51)31(29)21-37(36)59-38)15-10-27-8-13-46(14-9-27)42(53)60-44(2,3)4/h19,21-23,27-28,30,38,41H,8-18,20,24-25H2,1-7H3. The largest absolute Gasteiger partial charge is 0.454 e. The van der Waals surface area contributed by atoms with Crippen LogP contribution in [-0.4, -0.2) is 113 Å². The molecule has 2 fully saturated rings. The molecule has 0 spiro atoms.